The summed E-state index contributed by atoms with van der Waals surface area (Å²) < 4.78 is 19.9. The van der Waals surface area contributed by atoms with Crippen LogP contribution in [0.25, 0.3) is 5.69 Å². The van der Waals surface area contributed by atoms with Gasteiger partial charge in [-0.3, -0.25) is 4.79 Å². The van der Waals surface area contributed by atoms with Crippen molar-refractivity contribution in [3.8, 4) is 11.4 Å². The Labute approximate surface area is 191 Å². The van der Waals surface area contributed by atoms with E-state index in [1.807, 2.05) is 66.9 Å². The molecule has 170 valence electrons. The standard InChI is InChI=1S/C25H25N3O5/c1-4-31-25(30)24-23(15-28(26-24)19-9-6-5-7-10-19)33-16-22(29)21-13-17(2)27(18(21)3)14-20-11-8-12-32-20/h5-13,15H,4,14,16H2,1-3H3. The second-order valence-electron chi connectivity index (χ2n) is 7.50. The van der Waals surface area contributed by atoms with Gasteiger partial charge in [0.25, 0.3) is 0 Å². The van der Waals surface area contributed by atoms with Gasteiger partial charge in [-0.1, -0.05) is 18.2 Å². The van der Waals surface area contributed by atoms with Crippen LogP contribution in [0.1, 0.15) is 44.9 Å². The summed E-state index contributed by atoms with van der Waals surface area (Å²) in [5.74, 6) is 0.192. The quantitative estimate of drug-likeness (QED) is 0.280. The van der Waals surface area contributed by atoms with E-state index < -0.39 is 5.97 Å². The van der Waals surface area contributed by atoms with Crippen molar-refractivity contribution in [2.45, 2.75) is 27.3 Å². The molecule has 3 heterocycles. The first-order valence-corrected chi connectivity index (χ1v) is 10.6. The molecule has 4 rings (SSSR count). The molecule has 0 N–H and O–H groups in total. The highest BCUT2D eigenvalue weighted by Crippen LogP contribution is 2.23. The topological polar surface area (TPSA) is 88.5 Å². The largest absolute Gasteiger partial charge is 0.481 e. The van der Waals surface area contributed by atoms with Gasteiger partial charge in [-0.2, -0.15) is 5.10 Å². The molecule has 0 unspecified atom stereocenters. The number of ketones is 1. The number of hydrogen-bond donors (Lipinski definition) is 0. The number of carbonyl (C=O) groups excluding carboxylic acids is 2. The van der Waals surface area contributed by atoms with E-state index in [2.05, 4.69) is 5.10 Å². The Kier molecular flexibility index (Phi) is 6.44. The van der Waals surface area contributed by atoms with Crippen molar-refractivity contribution in [2.24, 2.45) is 0 Å². The molecule has 8 nitrogen and oxygen atoms in total. The van der Waals surface area contributed by atoms with Crippen molar-refractivity contribution in [3.05, 3.63) is 89.4 Å². The Balaban J connectivity index is 1.54. The lowest BCUT2D eigenvalue weighted by Gasteiger charge is -2.08. The van der Waals surface area contributed by atoms with Gasteiger partial charge in [0.05, 0.1) is 31.3 Å². The minimum Gasteiger partial charge on any atom is -0.481 e. The Hall–Kier alpha value is -4.07. The van der Waals surface area contributed by atoms with E-state index in [1.165, 1.54) is 4.68 Å². The predicted octanol–water partition coefficient (Wildman–Crippen LogP) is 4.37. The van der Waals surface area contributed by atoms with Gasteiger partial charge in [-0.25, -0.2) is 9.48 Å². The van der Waals surface area contributed by atoms with Crippen LogP contribution < -0.4 is 4.74 Å². The predicted molar refractivity (Wildman–Crippen MR) is 121 cm³/mol. The molecule has 0 fully saturated rings. The number of aromatic nitrogens is 3. The number of esters is 1. The van der Waals surface area contributed by atoms with Crippen molar-refractivity contribution >= 4 is 11.8 Å². The lowest BCUT2D eigenvalue weighted by molar-refractivity contribution is 0.0513. The van der Waals surface area contributed by atoms with Crippen LogP contribution in [0.2, 0.25) is 0 Å². The summed E-state index contributed by atoms with van der Waals surface area (Å²) in [7, 11) is 0. The minimum absolute atomic E-state index is 0.0248. The molecule has 33 heavy (non-hydrogen) atoms. The molecule has 0 spiro atoms. The number of hydrogen-bond acceptors (Lipinski definition) is 6. The normalized spacial score (nSPS) is 10.9. The molecule has 0 aliphatic carbocycles. The van der Waals surface area contributed by atoms with Gasteiger partial charge in [0, 0.05) is 17.0 Å². The van der Waals surface area contributed by atoms with Crippen LogP contribution in [0, 0.1) is 13.8 Å². The zero-order chi connectivity index (χ0) is 23.4. The molecule has 0 amide bonds. The molecule has 0 aliphatic heterocycles. The van der Waals surface area contributed by atoms with E-state index >= 15 is 0 Å². The lowest BCUT2D eigenvalue weighted by atomic mass is 10.1. The van der Waals surface area contributed by atoms with Crippen LogP contribution in [0.15, 0.2) is 65.4 Å². The monoisotopic (exact) mass is 447 g/mol. The summed E-state index contributed by atoms with van der Waals surface area (Å²) in [4.78, 5) is 25.4. The van der Waals surface area contributed by atoms with Crippen LogP contribution >= 0.6 is 0 Å². The van der Waals surface area contributed by atoms with Crippen LogP contribution in [-0.2, 0) is 11.3 Å². The average molecular weight is 447 g/mol. The van der Waals surface area contributed by atoms with E-state index in [9.17, 15) is 9.59 Å². The van der Waals surface area contributed by atoms with Crippen molar-refractivity contribution < 1.29 is 23.5 Å². The number of furan rings is 1. The summed E-state index contributed by atoms with van der Waals surface area (Å²) in [6.07, 6.45) is 3.20. The fourth-order valence-electron chi connectivity index (χ4n) is 3.62. The van der Waals surface area contributed by atoms with Crippen LogP contribution in [0.5, 0.6) is 5.75 Å². The number of carbonyl (C=O) groups is 2. The Morgan fingerprint density at radius 1 is 1.09 bits per heavy atom. The molecule has 8 heteroatoms. The molecular formula is C25H25N3O5. The fraction of sp³-hybridized carbons (Fsp3) is 0.240. The third kappa shape index (κ3) is 4.74. The summed E-state index contributed by atoms with van der Waals surface area (Å²) in [6.45, 7) is 6.05. The molecule has 4 aromatic rings. The van der Waals surface area contributed by atoms with Gasteiger partial charge in [0.15, 0.2) is 12.4 Å². The van der Waals surface area contributed by atoms with E-state index in [0.29, 0.717) is 12.1 Å². The molecule has 0 radical (unpaired) electrons. The van der Waals surface area contributed by atoms with Gasteiger partial charge in [0.1, 0.15) is 5.76 Å². The molecule has 0 saturated carbocycles. The Morgan fingerprint density at radius 2 is 1.88 bits per heavy atom. The number of rotatable bonds is 9. The molecular weight excluding hydrogens is 422 g/mol. The number of Topliss-reactive ketones (excluding diaryl/α,β-unsaturated/α-hetero) is 1. The van der Waals surface area contributed by atoms with Gasteiger partial charge in [-0.05, 0) is 51.1 Å². The smallest absolute Gasteiger partial charge is 0.362 e. The average Bonchev–Trinajstić information content (AvgIpc) is 3.55. The van der Waals surface area contributed by atoms with Gasteiger partial charge in [-0.15, -0.1) is 0 Å². The third-order valence-corrected chi connectivity index (χ3v) is 5.30. The fourth-order valence-corrected chi connectivity index (χ4v) is 3.62. The van der Waals surface area contributed by atoms with E-state index in [4.69, 9.17) is 13.9 Å². The summed E-state index contributed by atoms with van der Waals surface area (Å²) >= 11 is 0. The van der Waals surface area contributed by atoms with Crippen LogP contribution in [0.4, 0.5) is 0 Å². The highest BCUT2D eigenvalue weighted by Gasteiger charge is 2.22. The zero-order valence-corrected chi connectivity index (χ0v) is 18.8. The van der Waals surface area contributed by atoms with Crippen molar-refractivity contribution in [2.75, 3.05) is 13.2 Å². The van der Waals surface area contributed by atoms with E-state index in [0.717, 1.165) is 22.8 Å². The maximum absolute atomic E-state index is 13.0. The molecule has 1 aromatic carbocycles. The highest BCUT2D eigenvalue weighted by molar-refractivity contribution is 5.99. The lowest BCUT2D eigenvalue weighted by Crippen LogP contribution is -2.15. The first-order valence-electron chi connectivity index (χ1n) is 10.6. The first-order chi connectivity index (χ1) is 16.0. The Morgan fingerprint density at radius 3 is 2.58 bits per heavy atom. The second kappa shape index (κ2) is 9.60. The number of benzene rings is 1. The number of aryl methyl sites for hydroxylation is 1. The molecule has 0 bridgehead atoms. The van der Waals surface area contributed by atoms with Crippen molar-refractivity contribution in [1.29, 1.82) is 0 Å². The summed E-state index contributed by atoms with van der Waals surface area (Å²) in [5.41, 5.74) is 3.11. The molecule has 0 atom stereocenters. The first kappa shape index (κ1) is 22.1. The van der Waals surface area contributed by atoms with E-state index in [1.54, 1.807) is 19.4 Å². The summed E-state index contributed by atoms with van der Waals surface area (Å²) in [5, 5.41) is 4.32. The van der Waals surface area contributed by atoms with Crippen LogP contribution in [0.3, 0.4) is 0 Å². The number of ether oxygens (including phenoxy) is 2. The van der Waals surface area contributed by atoms with Crippen molar-refractivity contribution in [3.63, 3.8) is 0 Å². The number of nitrogens with zero attached hydrogens (tertiary/aromatic N) is 3. The zero-order valence-electron chi connectivity index (χ0n) is 18.8. The number of para-hydroxylation sites is 1. The molecule has 0 saturated heterocycles. The van der Waals surface area contributed by atoms with Gasteiger partial charge in [0.2, 0.25) is 11.5 Å². The third-order valence-electron chi connectivity index (χ3n) is 5.30. The van der Waals surface area contributed by atoms with Crippen molar-refractivity contribution in [1.82, 2.24) is 14.3 Å². The summed E-state index contributed by atoms with van der Waals surface area (Å²) in [6, 6.07) is 14.9. The van der Waals surface area contributed by atoms with E-state index in [-0.39, 0.29) is 30.4 Å². The highest BCUT2D eigenvalue weighted by atomic mass is 16.5. The second-order valence-corrected chi connectivity index (χ2v) is 7.50. The SMILES string of the molecule is CCOC(=O)c1nn(-c2ccccc2)cc1OCC(=O)c1cc(C)n(Cc2ccco2)c1C. The van der Waals surface area contributed by atoms with Gasteiger partial charge < -0.3 is 18.5 Å². The molecule has 0 aliphatic rings. The van der Waals surface area contributed by atoms with Crippen LogP contribution in [-0.4, -0.2) is 39.3 Å². The Bertz CT molecular complexity index is 1250. The van der Waals surface area contributed by atoms with Gasteiger partial charge >= 0.3 is 5.97 Å². The maximum atomic E-state index is 13.0. The minimum atomic E-state index is -0.605. The maximum Gasteiger partial charge on any atom is 0.362 e. The molecule has 3 aromatic heterocycles.